The first-order chi connectivity index (χ1) is 12.2. The Balaban J connectivity index is 0.00000243. The van der Waals surface area contributed by atoms with Crippen molar-refractivity contribution in [3.05, 3.63) is 59.7 Å². The van der Waals surface area contributed by atoms with Gasteiger partial charge in [0.05, 0.1) is 11.4 Å². The fourth-order valence-corrected chi connectivity index (χ4v) is 3.57. The van der Waals surface area contributed by atoms with Crippen LogP contribution >= 0.6 is 24.2 Å². The lowest BCUT2D eigenvalue weighted by Gasteiger charge is -2.23. The summed E-state index contributed by atoms with van der Waals surface area (Å²) in [5.41, 5.74) is 8.16. The van der Waals surface area contributed by atoms with E-state index in [2.05, 4.69) is 17.4 Å². The standard InChI is InChI=1S/C19H21N3O2S.ClH/c20-9-11-22(10-8-14-4-2-1-3-5-14)19(24)15-6-7-17-16(12-15)21-18(23)13-25-17;/h1-7,12H,8-11,13,20H2,(H,21,23);1H. The molecular weight excluding hydrogens is 370 g/mol. The molecule has 1 heterocycles. The molecule has 0 aromatic heterocycles. The van der Waals surface area contributed by atoms with E-state index in [-0.39, 0.29) is 24.2 Å². The predicted octanol–water partition coefficient (Wildman–Crippen LogP) is 2.80. The Morgan fingerprint density at radius 2 is 1.92 bits per heavy atom. The molecule has 5 nitrogen and oxygen atoms in total. The van der Waals surface area contributed by atoms with Crippen molar-refractivity contribution in [3.63, 3.8) is 0 Å². The zero-order chi connectivity index (χ0) is 17.6. The molecule has 1 aliphatic rings. The van der Waals surface area contributed by atoms with Crippen LogP contribution in [0.2, 0.25) is 0 Å². The molecule has 0 radical (unpaired) electrons. The van der Waals surface area contributed by atoms with Gasteiger partial charge in [-0.05, 0) is 30.2 Å². The van der Waals surface area contributed by atoms with Crippen molar-refractivity contribution in [1.29, 1.82) is 0 Å². The van der Waals surface area contributed by atoms with Crippen molar-refractivity contribution < 1.29 is 9.59 Å². The van der Waals surface area contributed by atoms with Crippen LogP contribution < -0.4 is 11.1 Å². The highest BCUT2D eigenvalue weighted by atomic mass is 35.5. The van der Waals surface area contributed by atoms with E-state index in [4.69, 9.17) is 5.73 Å². The van der Waals surface area contributed by atoms with Crippen LogP contribution in [0.3, 0.4) is 0 Å². The Morgan fingerprint density at radius 3 is 2.65 bits per heavy atom. The summed E-state index contributed by atoms with van der Waals surface area (Å²) in [5.74, 6) is 0.315. The molecule has 0 saturated carbocycles. The van der Waals surface area contributed by atoms with Crippen LogP contribution in [0.4, 0.5) is 5.69 Å². The number of halogens is 1. The van der Waals surface area contributed by atoms with Crippen LogP contribution in [0.15, 0.2) is 53.4 Å². The third-order valence-electron chi connectivity index (χ3n) is 4.06. The van der Waals surface area contributed by atoms with Crippen molar-refractivity contribution in [2.24, 2.45) is 5.73 Å². The number of amides is 2. The lowest BCUT2D eigenvalue weighted by atomic mass is 10.1. The van der Waals surface area contributed by atoms with E-state index in [9.17, 15) is 9.59 Å². The van der Waals surface area contributed by atoms with Gasteiger partial charge in [0.15, 0.2) is 0 Å². The van der Waals surface area contributed by atoms with Gasteiger partial charge in [-0.25, -0.2) is 0 Å². The van der Waals surface area contributed by atoms with Gasteiger partial charge in [-0.2, -0.15) is 0 Å². The molecule has 2 amide bonds. The first-order valence-corrected chi connectivity index (χ1v) is 9.26. The number of nitrogens with one attached hydrogen (secondary N) is 1. The van der Waals surface area contributed by atoms with Gasteiger partial charge in [-0.1, -0.05) is 30.3 Å². The van der Waals surface area contributed by atoms with Crippen molar-refractivity contribution >= 4 is 41.7 Å². The predicted molar refractivity (Wildman–Crippen MR) is 108 cm³/mol. The van der Waals surface area contributed by atoms with Gasteiger partial charge in [0.25, 0.3) is 5.91 Å². The lowest BCUT2D eigenvalue weighted by molar-refractivity contribution is -0.113. The van der Waals surface area contributed by atoms with E-state index >= 15 is 0 Å². The van der Waals surface area contributed by atoms with Crippen molar-refractivity contribution in [3.8, 4) is 0 Å². The summed E-state index contributed by atoms with van der Waals surface area (Å²) in [6.45, 7) is 1.53. The molecule has 0 aliphatic carbocycles. The second-order valence-corrected chi connectivity index (χ2v) is 6.88. The second-order valence-electron chi connectivity index (χ2n) is 5.86. The Labute approximate surface area is 163 Å². The first kappa shape index (κ1) is 20.3. The van der Waals surface area contributed by atoms with Crippen LogP contribution in [0, 0.1) is 0 Å². The van der Waals surface area contributed by atoms with Crippen molar-refractivity contribution in [1.82, 2.24) is 4.90 Å². The molecular formula is C19H22ClN3O2S. The number of nitrogens with zero attached hydrogens (tertiary/aromatic N) is 1. The van der Waals surface area contributed by atoms with E-state index in [1.165, 1.54) is 17.3 Å². The topological polar surface area (TPSA) is 75.4 Å². The molecule has 0 fully saturated rings. The third kappa shape index (κ3) is 5.00. The van der Waals surface area contributed by atoms with E-state index in [1.807, 2.05) is 30.3 Å². The van der Waals surface area contributed by atoms with Crippen molar-refractivity contribution in [2.45, 2.75) is 11.3 Å². The average Bonchev–Trinajstić information content (AvgIpc) is 2.64. The quantitative estimate of drug-likeness (QED) is 0.793. The Bertz CT molecular complexity index is 771. The minimum atomic E-state index is -0.0611. The molecule has 2 aromatic carbocycles. The van der Waals surface area contributed by atoms with E-state index in [0.29, 0.717) is 36.6 Å². The molecule has 3 rings (SSSR count). The van der Waals surface area contributed by atoms with E-state index in [1.54, 1.807) is 11.0 Å². The molecule has 7 heteroatoms. The van der Waals surface area contributed by atoms with Gasteiger partial charge in [-0.3, -0.25) is 9.59 Å². The minimum absolute atomic E-state index is 0. The number of carbonyl (C=O) groups excluding carboxylic acids is 2. The molecule has 138 valence electrons. The molecule has 0 unspecified atom stereocenters. The zero-order valence-corrected chi connectivity index (χ0v) is 15.9. The summed E-state index contributed by atoms with van der Waals surface area (Å²) in [4.78, 5) is 27.2. The maximum absolute atomic E-state index is 12.9. The third-order valence-corrected chi connectivity index (χ3v) is 5.13. The molecule has 2 aromatic rings. The highest BCUT2D eigenvalue weighted by Crippen LogP contribution is 2.32. The van der Waals surface area contributed by atoms with Crippen LogP contribution in [0.1, 0.15) is 15.9 Å². The largest absolute Gasteiger partial charge is 0.337 e. The number of carbonyl (C=O) groups is 2. The van der Waals surface area contributed by atoms with Crippen LogP contribution in [0.25, 0.3) is 0 Å². The van der Waals surface area contributed by atoms with Crippen LogP contribution in [-0.4, -0.2) is 42.1 Å². The average molecular weight is 392 g/mol. The van der Waals surface area contributed by atoms with Gasteiger partial charge >= 0.3 is 0 Å². The van der Waals surface area contributed by atoms with Gasteiger partial charge in [0, 0.05) is 30.1 Å². The summed E-state index contributed by atoms with van der Waals surface area (Å²) in [6, 6.07) is 15.5. The highest BCUT2D eigenvalue weighted by molar-refractivity contribution is 8.00. The summed E-state index contributed by atoms with van der Waals surface area (Å²) in [6.07, 6.45) is 0.782. The fourth-order valence-electron chi connectivity index (χ4n) is 2.78. The second kappa shape index (κ2) is 9.62. The molecule has 3 N–H and O–H groups in total. The summed E-state index contributed by atoms with van der Waals surface area (Å²) < 4.78 is 0. The molecule has 0 saturated heterocycles. The first-order valence-electron chi connectivity index (χ1n) is 8.27. The fraction of sp³-hybridized carbons (Fsp3) is 0.263. The highest BCUT2D eigenvalue weighted by Gasteiger charge is 2.20. The minimum Gasteiger partial charge on any atom is -0.337 e. The number of fused-ring (bicyclic) bond motifs is 1. The van der Waals surface area contributed by atoms with Gasteiger partial charge < -0.3 is 16.0 Å². The summed E-state index contributed by atoms with van der Waals surface area (Å²) in [7, 11) is 0. The number of hydrogen-bond acceptors (Lipinski definition) is 4. The maximum atomic E-state index is 12.9. The normalized spacial score (nSPS) is 12.6. The van der Waals surface area contributed by atoms with Gasteiger partial charge in [0.1, 0.15) is 0 Å². The maximum Gasteiger partial charge on any atom is 0.253 e. The summed E-state index contributed by atoms with van der Waals surface area (Å²) in [5, 5.41) is 2.83. The number of anilines is 1. The number of benzene rings is 2. The van der Waals surface area contributed by atoms with Gasteiger partial charge in [0.2, 0.25) is 5.91 Å². The number of hydrogen-bond donors (Lipinski definition) is 2. The number of nitrogens with two attached hydrogens (primary N) is 1. The molecule has 0 spiro atoms. The zero-order valence-electron chi connectivity index (χ0n) is 14.3. The summed E-state index contributed by atoms with van der Waals surface area (Å²) >= 11 is 1.49. The Morgan fingerprint density at radius 1 is 1.15 bits per heavy atom. The Hall–Kier alpha value is -2.02. The van der Waals surface area contributed by atoms with Crippen molar-refractivity contribution in [2.75, 3.05) is 30.7 Å². The smallest absolute Gasteiger partial charge is 0.253 e. The number of rotatable bonds is 6. The monoisotopic (exact) mass is 391 g/mol. The van der Waals surface area contributed by atoms with Crippen LogP contribution in [0.5, 0.6) is 0 Å². The Kier molecular flexibility index (Phi) is 7.50. The molecule has 1 aliphatic heterocycles. The van der Waals surface area contributed by atoms with E-state index < -0.39 is 0 Å². The molecule has 0 bridgehead atoms. The lowest BCUT2D eigenvalue weighted by Crippen LogP contribution is -2.37. The number of thioether (sulfide) groups is 1. The van der Waals surface area contributed by atoms with Gasteiger partial charge in [-0.15, -0.1) is 24.2 Å². The SMILES string of the molecule is Cl.NCCN(CCc1ccccc1)C(=O)c1ccc2c(c1)NC(=O)CS2. The van der Waals surface area contributed by atoms with E-state index in [0.717, 1.165) is 11.3 Å². The molecule has 0 atom stereocenters. The molecule has 26 heavy (non-hydrogen) atoms. The van der Waals surface area contributed by atoms with Crippen LogP contribution in [-0.2, 0) is 11.2 Å².